The molecule has 7 heteroatoms. The highest BCUT2D eigenvalue weighted by Crippen LogP contribution is 2.29. The Bertz CT molecular complexity index is 488. The Hall–Kier alpha value is -1.01. The van der Waals surface area contributed by atoms with E-state index in [1.165, 1.54) is 0 Å². The SMILES string of the molecule is O=S(=O)(Cl)/C=C/c1ccc(C(F)(F)F)cc1. The molecule has 1 aromatic rings. The van der Waals surface area contributed by atoms with Crippen molar-refractivity contribution in [1.82, 2.24) is 0 Å². The number of halogens is 4. The fourth-order valence-electron chi connectivity index (χ4n) is 0.943. The minimum Gasteiger partial charge on any atom is -0.208 e. The highest BCUT2D eigenvalue weighted by atomic mass is 35.7. The van der Waals surface area contributed by atoms with Gasteiger partial charge in [-0.3, -0.25) is 0 Å². The summed E-state index contributed by atoms with van der Waals surface area (Å²) < 4.78 is 57.5. The van der Waals surface area contributed by atoms with E-state index in [9.17, 15) is 21.6 Å². The average Bonchev–Trinajstić information content (AvgIpc) is 2.13. The Kier molecular flexibility index (Phi) is 3.64. The molecule has 0 spiro atoms. The third kappa shape index (κ3) is 4.24. The molecule has 0 aliphatic heterocycles. The fraction of sp³-hybridized carbons (Fsp3) is 0.111. The van der Waals surface area contributed by atoms with E-state index in [4.69, 9.17) is 10.7 Å². The van der Waals surface area contributed by atoms with Gasteiger partial charge in [0.2, 0.25) is 0 Å². The van der Waals surface area contributed by atoms with Crippen LogP contribution < -0.4 is 0 Å². The zero-order valence-corrected chi connectivity index (χ0v) is 9.27. The molecule has 0 amide bonds. The fourth-order valence-corrected chi connectivity index (χ4v) is 1.42. The Balaban J connectivity index is 2.93. The van der Waals surface area contributed by atoms with E-state index in [1.54, 1.807) is 0 Å². The number of alkyl halides is 3. The predicted molar refractivity (Wildman–Crippen MR) is 55.3 cm³/mol. The molecule has 1 rings (SSSR count). The minimum atomic E-state index is -4.40. The van der Waals surface area contributed by atoms with Crippen molar-refractivity contribution in [2.24, 2.45) is 0 Å². The van der Waals surface area contributed by atoms with Gasteiger partial charge < -0.3 is 0 Å². The standard InChI is InChI=1S/C9H6ClF3O2S/c10-16(14,15)6-5-7-1-3-8(4-2-7)9(11,12)13/h1-6H/b6-5+. The lowest BCUT2D eigenvalue weighted by atomic mass is 10.1. The first kappa shape index (κ1) is 13.1. The largest absolute Gasteiger partial charge is 0.416 e. The van der Waals surface area contributed by atoms with Crippen LogP contribution in [0.4, 0.5) is 13.2 Å². The lowest BCUT2D eigenvalue weighted by Gasteiger charge is -2.05. The smallest absolute Gasteiger partial charge is 0.208 e. The second kappa shape index (κ2) is 4.47. The van der Waals surface area contributed by atoms with Crippen LogP contribution in [0.25, 0.3) is 6.08 Å². The quantitative estimate of drug-likeness (QED) is 0.773. The van der Waals surface area contributed by atoms with Gasteiger partial charge in [0, 0.05) is 16.1 Å². The molecule has 0 aromatic heterocycles. The van der Waals surface area contributed by atoms with Crippen molar-refractivity contribution in [3.63, 3.8) is 0 Å². The van der Waals surface area contributed by atoms with Gasteiger partial charge in [-0.25, -0.2) is 8.42 Å². The van der Waals surface area contributed by atoms with Crippen molar-refractivity contribution in [2.75, 3.05) is 0 Å². The number of hydrogen-bond acceptors (Lipinski definition) is 2. The Morgan fingerprint density at radius 3 is 2.00 bits per heavy atom. The van der Waals surface area contributed by atoms with Crippen LogP contribution in [0.15, 0.2) is 29.7 Å². The summed E-state index contributed by atoms with van der Waals surface area (Å²) in [5.41, 5.74) is -0.476. The maximum Gasteiger partial charge on any atom is 0.416 e. The van der Waals surface area contributed by atoms with Crippen LogP contribution in [0.2, 0.25) is 0 Å². The summed E-state index contributed by atoms with van der Waals surface area (Å²) >= 11 is 0. The van der Waals surface area contributed by atoms with E-state index in [0.29, 0.717) is 11.0 Å². The van der Waals surface area contributed by atoms with E-state index in [-0.39, 0.29) is 0 Å². The van der Waals surface area contributed by atoms with Gasteiger partial charge in [-0.05, 0) is 23.8 Å². The first-order valence-corrected chi connectivity index (χ1v) is 6.36. The van der Waals surface area contributed by atoms with Crippen molar-refractivity contribution in [2.45, 2.75) is 6.18 Å². The molecule has 0 radical (unpaired) electrons. The van der Waals surface area contributed by atoms with Crippen molar-refractivity contribution in [1.29, 1.82) is 0 Å². The maximum atomic E-state index is 12.2. The Labute approximate surface area is 94.8 Å². The highest BCUT2D eigenvalue weighted by Gasteiger charge is 2.29. The van der Waals surface area contributed by atoms with E-state index < -0.39 is 20.8 Å². The van der Waals surface area contributed by atoms with Gasteiger partial charge in [0.25, 0.3) is 9.05 Å². The summed E-state index contributed by atoms with van der Waals surface area (Å²) in [5, 5.41) is 0.706. The molecule has 0 aliphatic carbocycles. The van der Waals surface area contributed by atoms with Gasteiger partial charge in [-0.1, -0.05) is 12.1 Å². The lowest BCUT2D eigenvalue weighted by molar-refractivity contribution is -0.137. The predicted octanol–water partition coefficient (Wildman–Crippen LogP) is 3.24. The maximum absolute atomic E-state index is 12.2. The van der Waals surface area contributed by atoms with Crippen LogP contribution >= 0.6 is 10.7 Å². The van der Waals surface area contributed by atoms with E-state index in [1.807, 2.05) is 0 Å². The molecule has 0 unspecified atom stereocenters. The molecule has 0 saturated carbocycles. The topological polar surface area (TPSA) is 34.1 Å². The van der Waals surface area contributed by atoms with Crippen molar-refractivity contribution in [3.05, 3.63) is 40.8 Å². The molecule has 1 aromatic carbocycles. The lowest BCUT2D eigenvalue weighted by Crippen LogP contribution is -2.03. The zero-order chi connectivity index (χ0) is 12.4. The van der Waals surface area contributed by atoms with Crippen LogP contribution in [0, 0.1) is 0 Å². The summed E-state index contributed by atoms with van der Waals surface area (Å²) in [6.07, 6.45) is -3.29. The molecule has 0 aliphatic rings. The minimum absolute atomic E-state index is 0.317. The molecule has 16 heavy (non-hydrogen) atoms. The summed E-state index contributed by atoms with van der Waals surface area (Å²) in [6.45, 7) is 0. The second-order valence-corrected chi connectivity index (χ2v) is 5.41. The van der Waals surface area contributed by atoms with Gasteiger partial charge in [-0.2, -0.15) is 13.2 Å². The summed E-state index contributed by atoms with van der Waals surface area (Å²) in [6, 6.07) is 4.03. The van der Waals surface area contributed by atoms with Gasteiger partial charge in [0.05, 0.1) is 5.56 Å². The number of hydrogen-bond donors (Lipinski definition) is 0. The molecule has 0 atom stereocenters. The van der Waals surface area contributed by atoms with E-state index >= 15 is 0 Å². The summed E-state index contributed by atoms with van der Waals surface area (Å²) in [7, 11) is 1.10. The molecule has 0 bridgehead atoms. The molecule has 0 N–H and O–H groups in total. The van der Waals surface area contributed by atoms with Crippen LogP contribution in [0.3, 0.4) is 0 Å². The third-order valence-electron chi connectivity index (χ3n) is 1.66. The second-order valence-electron chi connectivity index (χ2n) is 2.90. The Morgan fingerprint density at radius 2 is 1.62 bits per heavy atom. The van der Waals surface area contributed by atoms with Crippen LogP contribution in [-0.2, 0) is 15.2 Å². The van der Waals surface area contributed by atoms with Crippen molar-refractivity contribution in [3.8, 4) is 0 Å². The van der Waals surface area contributed by atoms with Crippen molar-refractivity contribution < 1.29 is 21.6 Å². The first-order chi connectivity index (χ1) is 7.18. The Morgan fingerprint density at radius 1 is 1.12 bits per heavy atom. The molecule has 0 heterocycles. The van der Waals surface area contributed by atoms with Gasteiger partial charge in [0.1, 0.15) is 0 Å². The molecular weight excluding hydrogens is 265 g/mol. The normalized spacial score (nSPS) is 13.2. The van der Waals surface area contributed by atoms with Gasteiger partial charge >= 0.3 is 6.18 Å². The first-order valence-electron chi connectivity index (χ1n) is 3.98. The third-order valence-corrected chi connectivity index (χ3v) is 2.43. The van der Waals surface area contributed by atoms with Crippen molar-refractivity contribution >= 4 is 25.8 Å². The molecule has 0 saturated heterocycles. The van der Waals surface area contributed by atoms with E-state index in [0.717, 1.165) is 30.3 Å². The molecule has 2 nitrogen and oxygen atoms in total. The molecule has 0 fully saturated rings. The van der Waals surface area contributed by atoms with Gasteiger partial charge in [-0.15, -0.1) is 0 Å². The van der Waals surface area contributed by atoms with Gasteiger partial charge in [0.15, 0.2) is 0 Å². The zero-order valence-electron chi connectivity index (χ0n) is 7.70. The van der Waals surface area contributed by atoms with Crippen LogP contribution in [-0.4, -0.2) is 8.42 Å². The molecule has 88 valence electrons. The highest BCUT2D eigenvalue weighted by molar-refractivity contribution is 8.16. The monoisotopic (exact) mass is 270 g/mol. The number of rotatable bonds is 2. The molecular formula is C9H6ClF3O2S. The summed E-state index contributed by atoms with van der Waals surface area (Å²) in [5.74, 6) is 0. The van der Waals surface area contributed by atoms with Crippen LogP contribution in [0.1, 0.15) is 11.1 Å². The average molecular weight is 271 g/mol. The number of benzene rings is 1. The van der Waals surface area contributed by atoms with Crippen LogP contribution in [0.5, 0.6) is 0 Å². The van der Waals surface area contributed by atoms with E-state index in [2.05, 4.69) is 0 Å². The summed E-state index contributed by atoms with van der Waals surface area (Å²) in [4.78, 5) is 0.